The summed E-state index contributed by atoms with van der Waals surface area (Å²) in [7, 11) is 3.98. The molecule has 0 unspecified atom stereocenters. The van der Waals surface area contributed by atoms with Crippen LogP contribution in [0.3, 0.4) is 0 Å². The number of rotatable bonds is 6. The van der Waals surface area contributed by atoms with Crippen LogP contribution in [0.25, 0.3) is 0 Å². The maximum atomic E-state index is 12.8. The van der Waals surface area contributed by atoms with Gasteiger partial charge >= 0.3 is 0 Å². The summed E-state index contributed by atoms with van der Waals surface area (Å²) in [6.07, 6.45) is 0. The average Bonchev–Trinajstić information content (AvgIpc) is 2.73. The maximum Gasteiger partial charge on any atom is 0.254 e. The number of azo groups is 1. The highest BCUT2D eigenvalue weighted by Crippen LogP contribution is 2.24. The zero-order valence-corrected chi connectivity index (χ0v) is 16.3. The number of anilines is 1. The van der Waals surface area contributed by atoms with Crippen LogP contribution in [-0.2, 0) is 0 Å². The minimum Gasteiger partial charge on any atom is -0.378 e. The maximum absolute atomic E-state index is 12.8. The molecule has 1 atom stereocenters. The van der Waals surface area contributed by atoms with Gasteiger partial charge in [-0.15, -0.1) is 5.11 Å². The second kappa shape index (κ2) is 8.95. The molecule has 3 aromatic rings. The van der Waals surface area contributed by atoms with E-state index in [4.69, 9.17) is 0 Å². The van der Waals surface area contributed by atoms with Gasteiger partial charge in [-0.05, 0) is 48.9 Å². The minimum atomic E-state index is -0.172. The summed E-state index contributed by atoms with van der Waals surface area (Å²) in [5.41, 5.74) is 3.92. The Morgan fingerprint density at radius 3 is 2.18 bits per heavy atom. The lowest BCUT2D eigenvalue weighted by Gasteiger charge is -2.15. The van der Waals surface area contributed by atoms with Crippen LogP contribution in [0.5, 0.6) is 0 Å². The number of amides is 1. The number of hydrogen-bond acceptors (Lipinski definition) is 4. The Labute approximate surface area is 165 Å². The second-order valence-electron chi connectivity index (χ2n) is 6.73. The van der Waals surface area contributed by atoms with Crippen LogP contribution in [0.15, 0.2) is 89.1 Å². The third kappa shape index (κ3) is 4.82. The first-order valence-corrected chi connectivity index (χ1v) is 9.18. The van der Waals surface area contributed by atoms with Crippen LogP contribution in [0, 0.1) is 0 Å². The standard InChI is InChI=1S/C23H24N4O/c1-17(18-9-5-4-6-10-18)24-23(28)21-11-7-8-12-22(21)26-25-19-13-15-20(16-14-19)27(2)3/h4-17H,1-3H3,(H,24,28)/t17-/m0/s1. The van der Waals surface area contributed by atoms with Gasteiger partial charge in [-0.1, -0.05) is 42.5 Å². The Kier molecular flexibility index (Phi) is 6.17. The lowest BCUT2D eigenvalue weighted by Crippen LogP contribution is -2.26. The molecule has 1 N–H and O–H groups in total. The number of carbonyl (C=O) groups is 1. The SMILES string of the molecule is C[C@H](NC(=O)c1ccccc1N=Nc1ccc(N(C)C)cc1)c1ccccc1. The van der Waals surface area contributed by atoms with Gasteiger partial charge in [-0.2, -0.15) is 5.11 Å². The van der Waals surface area contributed by atoms with Gasteiger partial charge in [-0.3, -0.25) is 4.79 Å². The monoisotopic (exact) mass is 372 g/mol. The molecular formula is C23H24N4O. The Morgan fingerprint density at radius 2 is 1.50 bits per heavy atom. The van der Waals surface area contributed by atoms with Crippen molar-refractivity contribution in [3.8, 4) is 0 Å². The fraction of sp³-hybridized carbons (Fsp3) is 0.174. The number of hydrogen-bond donors (Lipinski definition) is 1. The van der Waals surface area contributed by atoms with Crippen molar-refractivity contribution < 1.29 is 4.79 Å². The highest BCUT2D eigenvalue weighted by Gasteiger charge is 2.14. The van der Waals surface area contributed by atoms with Crippen LogP contribution >= 0.6 is 0 Å². The van der Waals surface area contributed by atoms with E-state index in [0.29, 0.717) is 11.3 Å². The zero-order valence-electron chi connectivity index (χ0n) is 16.3. The van der Waals surface area contributed by atoms with Crippen molar-refractivity contribution in [2.75, 3.05) is 19.0 Å². The van der Waals surface area contributed by atoms with Gasteiger partial charge < -0.3 is 10.2 Å². The molecule has 142 valence electrons. The number of nitrogens with zero attached hydrogens (tertiary/aromatic N) is 3. The second-order valence-corrected chi connectivity index (χ2v) is 6.73. The third-order valence-electron chi connectivity index (χ3n) is 4.44. The Bertz CT molecular complexity index is 950. The molecule has 3 aromatic carbocycles. The molecule has 0 radical (unpaired) electrons. The van der Waals surface area contributed by atoms with Crippen molar-refractivity contribution in [3.63, 3.8) is 0 Å². The highest BCUT2D eigenvalue weighted by atomic mass is 16.1. The zero-order chi connectivity index (χ0) is 19.9. The van der Waals surface area contributed by atoms with E-state index in [1.54, 1.807) is 12.1 Å². The Morgan fingerprint density at radius 1 is 0.857 bits per heavy atom. The first kappa shape index (κ1) is 19.3. The summed E-state index contributed by atoms with van der Waals surface area (Å²) in [5.74, 6) is -0.172. The average molecular weight is 372 g/mol. The Balaban J connectivity index is 1.76. The predicted molar refractivity (Wildman–Crippen MR) is 114 cm³/mol. The van der Waals surface area contributed by atoms with Crippen LogP contribution in [0.2, 0.25) is 0 Å². The van der Waals surface area contributed by atoms with E-state index in [2.05, 4.69) is 15.5 Å². The summed E-state index contributed by atoms with van der Waals surface area (Å²) in [6, 6.07) is 24.8. The molecule has 0 aliphatic heterocycles. The van der Waals surface area contributed by atoms with Gasteiger partial charge in [0, 0.05) is 19.8 Å². The van der Waals surface area contributed by atoms with E-state index in [1.807, 2.05) is 92.6 Å². The molecule has 28 heavy (non-hydrogen) atoms. The van der Waals surface area contributed by atoms with Crippen LogP contribution in [0.1, 0.15) is 28.9 Å². The van der Waals surface area contributed by atoms with Crippen LogP contribution in [0.4, 0.5) is 17.1 Å². The van der Waals surface area contributed by atoms with E-state index >= 15 is 0 Å². The molecule has 0 spiro atoms. The van der Waals surface area contributed by atoms with E-state index in [9.17, 15) is 4.79 Å². The topological polar surface area (TPSA) is 57.1 Å². The molecule has 0 fully saturated rings. The molecule has 0 saturated carbocycles. The van der Waals surface area contributed by atoms with E-state index in [1.165, 1.54) is 0 Å². The molecule has 0 aromatic heterocycles. The first-order valence-electron chi connectivity index (χ1n) is 9.18. The molecule has 0 heterocycles. The normalized spacial score (nSPS) is 12.0. The fourth-order valence-electron chi connectivity index (χ4n) is 2.78. The largest absolute Gasteiger partial charge is 0.378 e. The molecular weight excluding hydrogens is 348 g/mol. The van der Waals surface area contributed by atoms with Gasteiger partial charge in [0.2, 0.25) is 0 Å². The van der Waals surface area contributed by atoms with Crippen molar-refractivity contribution in [3.05, 3.63) is 90.0 Å². The van der Waals surface area contributed by atoms with Crippen molar-refractivity contribution in [2.45, 2.75) is 13.0 Å². The van der Waals surface area contributed by atoms with E-state index < -0.39 is 0 Å². The summed E-state index contributed by atoms with van der Waals surface area (Å²) >= 11 is 0. The van der Waals surface area contributed by atoms with Crippen molar-refractivity contribution in [1.82, 2.24) is 5.32 Å². The Hall–Kier alpha value is -3.47. The summed E-state index contributed by atoms with van der Waals surface area (Å²) < 4.78 is 0. The number of benzene rings is 3. The quantitative estimate of drug-likeness (QED) is 0.568. The summed E-state index contributed by atoms with van der Waals surface area (Å²) in [5, 5.41) is 11.6. The molecule has 3 rings (SSSR count). The van der Waals surface area contributed by atoms with E-state index in [0.717, 1.165) is 16.9 Å². The third-order valence-corrected chi connectivity index (χ3v) is 4.44. The van der Waals surface area contributed by atoms with Crippen LogP contribution in [-0.4, -0.2) is 20.0 Å². The number of carbonyl (C=O) groups excluding carboxylic acids is 1. The molecule has 5 nitrogen and oxygen atoms in total. The fourth-order valence-corrected chi connectivity index (χ4v) is 2.78. The van der Waals surface area contributed by atoms with Crippen molar-refractivity contribution >= 4 is 23.0 Å². The first-order chi connectivity index (χ1) is 13.5. The molecule has 5 heteroatoms. The lowest BCUT2D eigenvalue weighted by atomic mass is 10.1. The van der Waals surface area contributed by atoms with Gasteiger partial charge in [0.1, 0.15) is 0 Å². The minimum absolute atomic E-state index is 0.0997. The smallest absolute Gasteiger partial charge is 0.254 e. The van der Waals surface area contributed by atoms with Gasteiger partial charge in [0.25, 0.3) is 5.91 Å². The van der Waals surface area contributed by atoms with Crippen molar-refractivity contribution in [1.29, 1.82) is 0 Å². The van der Waals surface area contributed by atoms with Crippen molar-refractivity contribution in [2.24, 2.45) is 10.2 Å². The van der Waals surface area contributed by atoms with Gasteiger partial charge in [0.05, 0.1) is 23.0 Å². The summed E-state index contributed by atoms with van der Waals surface area (Å²) in [6.45, 7) is 1.96. The molecule has 1 amide bonds. The van der Waals surface area contributed by atoms with Gasteiger partial charge in [0.15, 0.2) is 0 Å². The number of nitrogens with one attached hydrogen (secondary N) is 1. The highest BCUT2D eigenvalue weighted by molar-refractivity contribution is 5.99. The van der Waals surface area contributed by atoms with E-state index in [-0.39, 0.29) is 11.9 Å². The lowest BCUT2D eigenvalue weighted by molar-refractivity contribution is 0.0940. The van der Waals surface area contributed by atoms with Crippen LogP contribution < -0.4 is 10.2 Å². The molecule has 0 aliphatic carbocycles. The summed E-state index contributed by atoms with van der Waals surface area (Å²) in [4.78, 5) is 14.8. The molecule has 0 saturated heterocycles. The molecule has 0 bridgehead atoms. The molecule has 0 aliphatic rings. The van der Waals surface area contributed by atoms with Gasteiger partial charge in [-0.25, -0.2) is 0 Å². The predicted octanol–water partition coefficient (Wildman–Crippen LogP) is 5.66.